The number of para-hydroxylation sites is 2. The molecule has 0 spiro atoms. The molecular weight excluding hydrogens is 400 g/mol. The second kappa shape index (κ2) is 10.9. The van der Waals surface area contributed by atoms with Crippen LogP contribution in [-0.2, 0) is 11.3 Å². The van der Waals surface area contributed by atoms with E-state index in [1.807, 2.05) is 54.0 Å². The highest BCUT2D eigenvalue weighted by molar-refractivity contribution is 5.94. The van der Waals surface area contributed by atoms with E-state index in [0.29, 0.717) is 17.3 Å². The van der Waals surface area contributed by atoms with Crippen molar-refractivity contribution in [2.24, 2.45) is 5.92 Å². The highest BCUT2D eigenvalue weighted by Crippen LogP contribution is 2.26. The number of carbonyl (C=O) groups excluding carboxylic acids is 2. The number of nitrogens with zero attached hydrogens (tertiary/aromatic N) is 2. The summed E-state index contributed by atoms with van der Waals surface area (Å²) in [5, 5.41) is 6.25. The fourth-order valence-corrected chi connectivity index (χ4v) is 4.03. The van der Waals surface area contributed by atoms with Gasteiger partial charge in [0.25, 0.3) is 5.91 Å². The Morgan fingerprint density at radius 1 is 0.969 bits per heavy atom. The summed E-state index contributed by atoms with van der Waals surface area (Å²) in [6.45, 7) is 8.54. The van der Waals surface area contributed by atoms with Gasteiger partial charge in [-0.25, -0.2) is 4.98 Å². The number of carbonyl (C=O) groups is 2. The molecule has 0 aliphatic carbocycles. The molecule has 2 amide bonds. The zero-order valence-electron chi connectivity index (χ0n) is 19.5. The van der Waals surface area contributed by atoms with Gasteiger partial charge in [0, 0.05) is 11.6 Å². The third-order valence-electron chi connectivity index (χ3n) is 5.47. The Morgan fingerprint density at radius 2 is 1.66 bits per heavy atom. The van der Waals surface area contributed by atoms with Gasteiger partial charge in [0.05, 0.1) is 17.1 Å². The van der Waals surface area contributed by atoms with Crippen LogP contribution in [0.1, 0.15) is 69.2 Å². The van der Waals surface area contributed by atoms with Crippen molar-refractivity contribution in [2.45, 2.75) is 65.6 Å². The molecule has 0 radical (unpaired) electrons. The van der Waals surface area contributed by atoms with Crippen LogP contribution in [0.15, 0.2) is 54.6 Å². The first-order chi connectivity index (χ1) is 15.4. The van der Waals surface area contributed by atoms with Crippen molar-refractivity contribution >= 4 is 22.8 Å². The van der Waals surface area contributed by atoms with Crippen molar-refractivity contribution in [1.29, 1.82) is 0 Å². The van der Waals surface area contributed by atoms with E-state index in [0.717, 1.165) is 30.3 Å². The summed E-state index contributed by atoms with van der Waals surface area (Å²) in [7, 11) is 0. The molecule has 0 saturated carbocycles. The van der Waals surface area contributed by atoms with Gasteiger partial charge in [-0.05, 0) is 49.9 Å². The summed E-state index contributed by atoms with van der Waals surface area (Å²) >= 11 is 0. The van der Waals surface area contributed by atoms with Gasteiger partial charge in [-0.15, -0.1) is 0 Å². The maximum atomic E-state index is 12.9. The van der Waals surface area contributed by atoms with Gasteiger partial charge in [0.1, 0.15) is 12.4 Å². The van der Waals surface area contributed by atoms with Gasteiger partial charge < -0.3 is 15.2 Å². The number of nitrogens with one attached hydrogen (secondary N) is 2. The predicted molar refractivity (Wildman–Crippen MR) is 128 cm³/mol. The summed E-state index contributed by atoms with van der Waals surface area (Å²) in [6.07, 6.45) is 2.67. The van der Waals surface area contributed by atoms with Crippen LogP contribution in [0.3, 0.4) is 0 Å². The van der Waals surface area contributed by atoms with Crippen LogP contribution >= 0.6 is 0 Å². The largest absolute Gasteiger partial charge is 0.352 e. The van der Waals surface area contributed by atoms with E-state index in [-0.39, 0.29) is 30.4 Å². The molecule has 1 aromatic heterocycles. The Morgan fingerprint density at radius 3 is 2.34 bits per heavy atom. The fraction of sp³-hybridized carbons (Fsp3) is 0.423. The molecular formula is C26H34N4O2. The number of amides is 2. The van der Waals surface area contributed by atoms with Gasteiger partial charge in [0.15, 0.2) is 0 Å². The lowest BCUT2D eigenvalue weighted by atomic mass is 10.0. The Labute approximate surface area is 190 Å². The van der Waals surface area contributed by atoms with E-state index in [1.165, 1.54) is 0 Å². The second-order valence-corrected chi connectivity index (χ2v) is 8.82. The molecule has 2 aromatic carbocycles. The van der Waals surface area contributed by atoms with E-state index >= 15 is 0 Å². The van der Waals surface area contributed by atoms with Gasteiger partial charge >= 0.3 is 0 Å². The van der Waals surface area contributed by atoms with Crippen molar-refractivity contribution < 1.29 is 9.59 Å². The van der Waals surface area contributed by atoms with E-state index in [4.69, 9.17) is 4.98 Å². The summed E-state index contributed by atoms with van der Waals surface area (Å²) in [5.41, 5.74) is 2.32. The number of aromatic nitrogens is 2. The predicted octanol–water partition coefficient (Wildman–Crippen LogP) is 4.86. The summed E-state index contributed by atoms with van der Waals surface area (Å²) in [4.78, 5) is 30.6. The number of rotatable bonds is 10. The van der Waals surface area contributed by atoms with Crippen LogP contribution in [0.4, 0.5) is 0 Å². The molecule has 170 valence electrons. The SMILES string of the molecule is CCC[C@@H](C)NC(=O)Cn1c([C@@H](CC(C)C)NC(=O)c2ccccc2)nc2ccccc21. The molecule has 32 heavy (non-hydrogen) atoms. The average Bonchev–Trinajstić information content (AvgIpc) is 3.12. The quantitative estimate of drug-likeness (QED) is 0.478. The van der Waals surface area contributed by atoms with Crippen LogP contribution in [0.2, 0.25) is 0 Å². The number of fused-ring (bicyclic) bond motifs is 1. The maximum Gasteiger partial charge on any atom is 0.251 e. The molecule has 0 fully saturated rings. The Balaban J connectivity index is 1.94. The minimum Gasteiger partial charge on any atom is -0.352 e. The van der Waals surface area contributed by atoms with Crippen molar-refractivity contribution in [3.63, 3.8) is 0 Å². The molecule has 2 atom stereocenters. The lowest BCUT2D eigenvalue weighted by Crippen LogP contribution is -2.36. The minimum absolute atomic E-state index is 0.0481. The molecule has 0 saturated heterocycles. The first-order valence-electron chi connectivity index (χ1n) is 11.5. The summed E-state index contributed by atoms with van der Waals surface area (Å²) in [5.74, 6) is 0.856. The van der Waals surface area contributed by atoms with Gasteiger partial charge in [0.2, 0.25) is 5.91 Å². The highest BCUT2D eigenvalue weighted by atomic mass is 16.2. The first-order valence-corrected chi connectivity index (χ1v) is 11.5. The van der Waals surface area contributed by atoms with Gasteiger partial charge in [-0.3, -0.25) is 9.59 Å². The molecule has 3 rings (SSSR count). The molecule has 6 heteroatoms. The van der Waals surface area contributed by atoms with Crippen LogP contribution in [0, 0.1) is 5.92 Å². The molecule has 0 aliphatic heterocycles. The Bertz CT molecular complexity index is 1040. The smallest absolute Gasteiger partial charge is 0.251 e. The van der Waals surface area contributed by atoms with E-state index in [2.05, 4.69) is 31.4 Å². The zero-order chi connectivity index (χ0) is 23.1. The van der Waals surface area contributed by atoms with Crippen molar-refractivity contribution in [3.05, 3.63) is 66.0 Å². The topological polar surface area (TPSA) is 76.0 Å². The number of benzene rings is 2. The lowest BCUT2D eigenvalue weighted by Gasteiger charge is -2.22. The maximum absolute atomic E-state index is 12.9. The van der Waals surface area contributed by atoms with Gasteiger partial charge in [-0.1, -0.05) is 57.5 Å². The fourth-order valence-electron chi connectivity index (χ4n) is 4.03. The number of hydrogen-bond donors (Lipinski definition) is 2. The third-order valence-corrected chi connectivity index (χ3v) is 5.47. The first kappa shape index (κ1) is 23.5. The van der Waals surface area contributed by atoms with Crippen molar-refractivity contribution in [2.75, 3.05) is 0 Å². The molecule has 2 N–H and O–H groups in total. The van der Waals surface area contributed by atoms with Crippen molar-refractivity contribution in [1.82, 2.24) is 20.2 Å². The van der Waals surface area contributed by atoms with Crippen LogP contribution in [0.5, 0.6) is 0 Å². The normalized spacial score (nSPS) is 13.2. The van der Waals surface area contributed by atoms with E-state index < -0.39 is 0 Å². The monoisotopic (exact) mass is 434 g/mol. The molecule has 1 heterocycles. The number of hydrogen-bond acceptors (Lipinski definition) is 3. The molecule has 0 bridgehead atoms. The summed E-state index contributed by atoms with van der Waals surface area (Å²) in [6, 6.07) is 16.8. The Hall–Kier alpha value is -3.15. The molecule has 0 unspecified atom stereocenters. The van der Waals surface area contributed by atoms with Gasteiger partial charge in [-0.2, -0.15) is 0 Å². The van der Waals surface area contributed by atoms with Crippen LogP contribution < -0.4 is 10.6 Å². The summed E-state index contributed by atoms with van der Waals surface area (Å²) < 4.78 is 1.95. The highest BCUT2D eigenvalue weighted by Gasteiger charge is 2.25. The molecule has 6 nitrogen and oxygen atoms in total. The average molecular weight is 435 g/mol. The second-order valence-electron chi connectivity index (χ2n) is 8.82. The molecule has 3 aromatic rings. The standard InChI is InChI=1S/C26H34N4O2/c1-5-11-19(4)27-24(31)17-30-23-15-10-9-14-21(23)28-25(30)22(16-18(2)3)29-26(32)20-12-7-6-8-13-20/h6-10,12-15,18-19,22H,5,11,16-17H2,1-4H3,(H,27,31)(H,29,32)/t19-,22-/m1/s1. The van der Waals surface area contributed by atoms with E-state index in [9.17, 15) is 9.59 Å². The van der Waals surface area contributed by atoms with Crippen LogP contribution in [0.25, 0.3) is 11.0 Å². The molecule has 0 aliphatic rings. The van der Waals surface area contributed by atoms with Crippen molar-refractivity contribution in [3.8, 4) is 0 Å². The third kappa shape index (κ3) is 5.96. The lowest BCUT2D eigenvalue weighted by molar-refractivity contribution is -0.122. The zero-order valence-corrected chi connectivity index (χ0v) is 19.5. The minimum atomic E-state index is -0.309. The Kier molecular flexibility index (Phi) is 8.03. The number of imidazole rings is 1. The van der Waals surface area contributed by atoms with Crippen LogP contribution in [-0.4, -0.2) is 27.4 Å². The van der Waals surface area contributed by atoms with E-state index in [1.54, 1.807) is 12.1 Å².